The Morgan fingerprint density at radius 2 is 1.71 bits per heavy atom. The van der Waals surface area contributed by atoms with E-state index in [0.29, 0.717) is 12.0 Å². The lowest BCUT2D eigenvalue weighted by atomic mass is 9.95. The van der Waals surface area contributed by atoms with Crippen molar-refractivity contribution < 1.29 is 18.0 Å². The second-order valence-electron chi connectivity index (χ2n) is 4.13. The van der Waals surface area contributed by atoms with Gasteiger partial charge in [0.25, 0.3) is 0 Å². The third-order valence-electron chi connectivity index (χ3n) is 2.51. The molecule has 0 saturated heterocycles. The third-order valence-corrected chi connectivity index (χ3v) is 2.51. The number of carbonyl (C=O) groups excluding carboxylic acids is 1. The van der Waals surface area contributed by atoms with Gasteiger partial charge in [-0.25, -0.2) is 0 Å². The van der Waals surface area contributed by atoms with E-state index in [1.54, 1.807) is 0 Å². The van der Waals surface area contributed by atoms with Crippen LogP contribution in [0.3, 0.4) is 0 Å². The summed E-state index contributed by atoms with van der Waals surface area (Å²) in [5, 5.41) is 2.59. The summed E-state index contributed by atoms with van der Waals surface area (Å²) >= 11 is 0. The molecule has 0 bridgehead atoms. The average Bonchev–Trinajstić information content (AvgIpc) is 2.24. The number of alkyl halides is 3. The quantitative estimate of drug-likeness (QED) is 0.811. The van der Waals surface area contributed by atoms with E-state index in [9.17, 15) is 18.0 Å². The molecule has 5 heteroatoms. The van der Waals surface area contributed by atoms with Crippen LogP contribution in [0, 0.1) is 5.92 Å². The van der Waals surface area contributed by atoms with E-state index in [1.807, 2.05) is 13.8 Å². The number of hydrogen-bond donors (Lipinski definition) is 1. The van der Waals surface area contributed by atoms with Gasteiger partial charge in [-0.15, -0.1) is 0 Å². The first-order valence-corrected chi connectivity index (χ1v) is 5.23. The zero-order valence-electron chi connectivity index (χ0n) is 9.58. The average molecular weight is 245 g/mol. The molecule has 1 N–H and O–H groups in total. The van der Waals surface area contributed by atoms with Crippen LogP contribution in [0.15, 0.2) is 24.3 Å². The van der Waals surface area contributed by atoms with Crippen molar-refractivity contribution in [3.63, 3.8) is 0 Å². The van der Waals surface area contributed by atoms with E-state index >= 15 is 0 Å². The van der Waals surface area contributed by atoms with Crippen molar-refractivity contribution in [2.24, 2.45) is 5.92 Å². The van der Waals surface area contributed by atoms with Gasteiger partial charge in [-0.3, -0.25) is 4.79 Å². The fourth-order valence-electron chi connectivity index (χ4n) is 1.63. The van der Waals surface area contributed by atoms with Crippen LogP contribution in [-0.4, -0.2) is 6.41 Å². The summed E-state index contributed by atoms with van der Waals surface area (Å²) < 4.78 is 37.1. The Hall–Kier alpha value is -1.52. The minimum absolute atomic E-state index is 0.108. The molecule has 0 aliphatic carbocycles. The molecule has 0 fully saturated rings. The number of benzene rings is 1. The number of halogens is 3. The molecule has 1 aromatic rings. The number of amides is 1. The highest BCUT2D eigenvalue weighted by Gasteiger charge is 2.30. The Kier molecular flexibility index (Phi) is 4.15. The first kappa shape index (κ1) is 13.5. The van der Waals surface area contributed by atoms with Crippen LogP contribution < -0.4 is 5.32 Å². The van der Waals surface area contributed by atoms with Crippen molar-refractivity contribution in [3.8, 4) is 0 Å². The molecule has 0 aromatic heterocycles. The van der Waals surface area contributed by atoms with E-state index in [0.717, 1.165) is 12.1 Å². The van der Waals surface area contributed by atoms with Crippen LogP contribution in [-0.2, 0) is 11.0 Å². The van der Waals surface area contributed by atoms with Crippen molar-refractivity contribution >= 4 is 6.41 Å². The minimum Gasteiger partial charge on any atom is -0.352 e. The maximum atomic E-state index is 12.4. The van der Waals surface area contributed by atoms with Crippen LogP contribution in [0.4, 0.5) is 13.2 Å². The Labute approximate surface area is 97.8 Å². The SMILES string of the molecule is CC(C)C(NC=O)c1ccc(C(F)(F)F)cc1. The molecule has 94 valence electrons. The first-order chi connectivity index (χ1) is 7.86. The van der Waals surface area contributed by atoms with Gasteiger partial charge >= 0.3 is 6.18 Å². The van der Waals surface area contributed by atoms with Crippen LogP contribution in [0.2, 0.25) is 0 Å². The molecule has 1 atom stereocenters. The zero-order valence-corrected chi connectivity index (χ0v) is 9.58. The fourth-order valence-corrected chi connectivity index (χ4v) is 1.63. The van der Waals surface area contributed by atoms with Crippen molar-refractivity contribution in [2.75, 3.05) is 0 Å². The van der Waals surface area contributed by atoms with Gasteiger partial charge in [-0.1, -0.05) is 26.0 Å². The monoisotopic (exact) mass is 245 g/mol. The van der Waals surface area contributed by atoms with Crippen LogP contribution in [0.5, 0.6) is 0 Å². The van der Waals surface area contributed by atoms with E-state index in [1.165, 1.54) is 12.1 Å². The van der Waals surface area contributed by atoms with Crippen LogP contribution in [0.1, 0.15) is 31.0 Å². The zero-order chi connectivity index (χ0) is 13.1. The summed E-state index contributed by atoms with van der Waals surface area (Å²) in [6.45, 7) is 3.78. The number of rotatable bonds is 4. The Balaban J connectivity index is 2.96. The molecule has 0 radical (unpaired) electrons. The predicted octanol–water partition coefficient (Wildman–Crippen LogP) is 3.15. The number of nitrogens with one attached hydrogen (secondary N) is 1. The van der Waals surface area contributed by atoms with Gasteiger partial charge in [0.1, 0.15) is 0 Å². The topological polar surface area (TPSA) is 29.1 Å². The molecular weight excluding hydrogens is 231 g/mol. The number of carbonyl (C=O) groups is 1. The summed E-state index contributed by atoms with van der Waals surface area (Å²) in [5.41, 5.74) is -0.0186. The number of hydrogen-bond acceptors (Lipinski definition) is 1. The molecule has 0 aliphatic heterocycles. The van der Waals surface area contributed by atoms with Gasteiger partial charge in [0.2, 0.25) is 6.41 Å². The largest absolute Gasteiger partial charge is 0.416 e. The highest BCUT2D eigenvalue weighted by Crippen LogP contribution is 2.30. The lowest BCUT2D eigenvalue weighted by Crippen LogP contribution is -2.24. The van der Waals surface area contributed by atoms with Crippen LogP contribution in [0.25, 0.3) is 0 Å². The lowest BCUT2D eigenvalue weighted by Gasteiger charge is -2.20. The van der Waals surface area contributed by atoms with Gasteiger partial charge in [0.15, 0.2) is 0 Å². The maximum absolute atomic E-state index is 12.4. The van der Waals surface area contributed by atoms with Crippen molar-refractivity contribution in [3.05, 3.63) is 35.4 Å². The Morgan fingerprint density at radius 3 is 2.06 bits per heavy atom. The second kappa shape index (κ2) is 5.21. The second-order valence-corrected chi connectivity index (χ2v) is 4.13. The van der Waals surface area contributed by atoms with Gasteiger partial charge in [-0.2, -0.15) is 13.2 Å². The summed E-state index contributed by atoms with van der Waals surface area (Å²) in [5.74, 6) is 0.108. The summed E-state index contributed by atoms with van der Waals surface area (Å²) in [4.78, 5) is 10.4. The summed E-state index contributed by atoms with van der Waals surface area (Å²) in [6.07, 6.45) is -3.77. The highest BCUT2D eigenvalue weighted by molar-refractivity contribution is 5.48. The normalized spacial score (nSPS) is 13.5. The van der Waals surface area contributed by atoms with Gasteiger partial charge in [0.05, 0.1) is 11.6 Å². The van der Waals surface area contributed by atoms with Gasteiger partial charge in [-0.05, 0) is 23.6 Å². The van der Waals surface area contributed by atoms with E-state index in [2.05, 4.69) is 5.32 Å². The molecule has 1 unspecified atom stereocenters. The molecule has 0 aliphatic rings. The van der Waals surface area contributed by atoms with Crippen molar-refractivity contribution in [2.45, 2.75) is 26.1 Å². The minimum atomic E-state index is -4.33. The Bertz CT molecular complexity index is 370. The van der Waals surface area contributed by atoms with E-state index in [4.69, 9.17) is 0 Å². The molecule has 0 spiro atoms. The predicted molar refractivity (Wildman–Crippen MR) is 58.2 cm³/mol. The molecule has 0 heterocycles. The molecule has 0 saturated carbocycles. The molecule has 1 rings (SSSR count). The van der Waals surface area contributed by atoms with Crippen molar-refractivity contribution in [1.82, 2.24) is 5.32 Å². The molecule has 17 heavy (non-hydrogen) atoms. The maximum Gasteiger partial charge on any atom is 0.416 e. The highest BCUT2D eigenvalue weighted by atomic mass is 19.4. The van der Waals surface area contributed by atoms with Crippen molar-refractivity contribution in [1.29, 1.82) is 0 Å². The Morgan fingerprint density at radius 1 is 1.18 bits per heavy atom. The molecule has 1 amide bonds. The van der Waals surface area contributed by atoms with Gasteiger partial charge in [0, 0.05) is 0 Å². The summed E-state index contributed by atoms with van der Waals surface area (Å²) in [6, 6.07) is 4.57. The molecular formula is C12H14F3NO. The van der Waals surface area contributed by atoms with E-state index < -0.39 is 11.7 Å². The summed E-state index contributed by atoms with van der Waals surface area (Å²) in [7, 11) is 0. The van der Waals surface area contributed by atoms with Gasteiger partial charge < -0.3 is 5.32 Å². The lowest BCUT2D eigenvalue weighted by molar-refractivity contribution is -0.137. The van der Waals surface area contributed by atoms with E-state index in [-0.39, 0.29) is 12.0 Å². The molecule has 2 nitrogen and oxygen atoms in total. The molecule has 1 aromatic carbocycles. The van der Waals surface area contributed by atoms with Crippen LogP contribution >= 0.6 is 0 Å². The standard InChI is InChI=1S/C12H14F3NO/c1-8(2)11(16-7-17)9-3-5-10(6-4-9)12(13,14)15/h3-8,11H,1-2H3,(H,16,17). The first-order valence-electron chi connectivity index (χ1n) is 5.23. The third kappa shape index (κ3) is 3.47. The fraction of sp³-hybridized carbons (Fsp3) is 0.417. The smallest absolute Gasteiger partial charge is 0.352 e.